The molecule has 1 aliphatic rings. The van der Waals surface area contributed by atoms with Gasteiger partial charge in [0.15, 0.2) is 11.5 Å². The van der Waals surface area contributed by atoms with Crippen LogP contribution in [0.1, 0.15) is 18.1 Å². The number of anilines is 3. The second-order valence-corrected chi connectivity index (χ2v) is 11.2. The molecule has 0 aliphatic carbocycles. The molecule has 2 amide bonds. The molecule has 5 rings (SSSR count). The fraction of sp³-hybridized carbons (Fsp3) is 0.353. The topological polar surface area (TPSA) is 181 Å². The summed E-state index contributed by atoms with van der Waals surface area (Å²) in [5.41, 5.74) is 3.28. The quantitative estimate of drug-likeness (QED) is 0.143. The smallest absolute Gasteiger partial charge is 0.411 e. The SMILES string of the molecule is COC(C)(Oc1ccccc1Oc1ccc(Nc2c(C#N)cnn3cc(NC(=O)OCCN4CCOCC4)c(C)c23)cc1)C(=O)NCCO. The van der Waals surface area contributed by atoms with Crippen molar-refractivity contribution in [1.29, 1.82) is 5.26 Å². The lowest BCUT2D eigenvalue weighted by Crippen LogP contribution is -2.51. The number of amides is 2. The van der Waals surface area contributed by atoms with Crippen LogP contribution < -0.4 is 25.4 Å². The van der Waals surface area contributed by atoms with Crippen molar-refractivity contribution in [2.45, 2.75) is 19.6 Å². The number of fused-ring (bicyclic) bond motifs is 1. The van der Waals surface area contributed by atoms with Crippen molar-refractivity contribution in [3.05, 3.63) is 72.1 Å². The molecule has 15 nitrogen and oxygen atoms in total. The van der Waals surface area contributed by atoms with Crippen LogP contribution in [0.5, 0.6) is 17.2 Å². The molecule has 4 aromatic rings. The number of para-hydroxylation sites is 2. The molecular weight excluding hydrogens is 634 g/mol. The van der Waals surface area contributed by atoms with E-state index in [1.807, 2.05) is 6.92 Å². The summed E-state index contributed by atoms with van der Waals surface area (Å²) in [4.78, 5) is 27.4. The average molecular weight is 674 g/mol. The molecule has 1 aliphatic heterocycles. The zero-order chi connectivity index (χ0) is 34.8. The monoisotopic (exact) mass is 673 g/mol. The van der Waals surface area contributed by atoms with Gasteiger partial charge in [0.25, 0.3) is 11.7 Å². The van der Waals surface area contributed by atoms with Crippen molar-refractivity contribution in [3.8, 4) is 23.3 Å². The predicted octanol–water partition coefficient (Wildman–Crippen LogP) is 3.78. The van der Waals surface area contributed by atoms with Crippen molar-refractivity contribution in [1.82, 2.24) is 19.8 Å². The lowest BCUT2D eigenvalue weighted by Gasteiger charge is -2.28. The Balaban J connectivity index is 1.28. The van der Waals surface area contributed by atoms with Gasteiger partial charge < -0.3 is 39.4 Å². The highest BCUT2D eigenvalue weighted by Gasteiger charge is 2.36. The third kappa shape index (κ3) is 8.55. The zero-order valence-electron chi connectivity index (χ0n) is 27.5. The molecule has 0 bridgehead atoms. The average Bonchev–Trinajstić information content (AvgIpc) is 3.43. The molecule has 1 unspecified atom stereocenters. The van der Waals surface area contributed by atoms with Gasteiger partial charge in [0.2, 0.25) is 0 Å². The summed E-state index contributed by atoms with van der Waals surface area (Å²) < 4.78 is 29.7. The van der Waals surface area contributed by atoms with E-state index in [1.54, 1.807) is 59.2 Å². The van der Waals surface area contributed by atoms with E-state index in [-0.39, 0.29) is 25.5 Å². The van der Waals surface area contributed by atoms with E-state index < -0.39 is 17.8 Å². The fourth-order valence-corrected chi connectivity index (χ4v) is 5.08. The van der Waals surface area contributed by atoms with Crippen LogP contribution >= 0.6 is 0 Å². The number of nitrogens with zero attached hydrogens (tertiary/aromatic N) is 4. The Morgan fingerprint density at radius 1 is 1.12 bits per heavy atom. The predicted molar refractivity (Wildman–Crippen MR) is 179 cm³/mol. The van der Waals surface area contributed by atoms with Crippen LogP contribution in [0.25, 0.3) is 5.52 Å². The molecule has 1 atom stereocenters. The Kier molecular flexibility index (Phi) is 11.5. The number of aromatic nitrogens is 2. The lowest BCUT2D eigenvalue weighted by atomic mass is 10.1. The number of rotatable bonds is 14. The van der Waals surface area contributed by atoms with Crippen LogP contribution in [0.15, 0.2) is 60.9 Å². The number of morpholine rings is 1. The molecule has 4 N–H and O–H groups in total. The Hall–Kier alpha value is -5.40. The number of hydrogen-bond acceptors (Lipinski definition) is 12. The number of carbonyl (C=O) groups is 2. The van der Waals surface area contributed by atoms with E-state index in [4.69, 9.17) is 28.8 Å². The van der Waals surface area contributed by atoms with Crippen LogP contribution in [-0.2, 0) is 19.0 Å². The van der Waals surface area contributed by atoms with E-state index >= 15 is 0 Å². The maximum absolute atomic E-state index is 12.6. The highest BCUT2D eigenvalue weighted by atomic mass is 16.7. The molecule has 0 spiro atoms. The molecule has 49 heavy (non-hydrogen) atoms. The highest BCUT2D eigenvalue weighted by molar-refractivity contribution is 5.93. The maximum atomic E-state index is 12.6. The summed E-state index contributed by atoms with van der Waals surface area (Å²) in [5, 5.41) is 32.0. The summed E-state index contributed by atoms with van der Waals surface area (Å²) in [6.45, 7) is 6.93. The van der Waals surface area contributed by atoms with Crippen molar-refractivity contribution in [3.63, 3.8) is 0 Å². The summed E-state index contributed by atoms with van der Waals surface area (Å²) >= 11 is 0. The number of aryl methyl sites for hydroxylation is 1. The van der Waals surface area contributed by atoms with Crippen LogP contribution in [-0.4, -0.2) is 97.1 Å². The number of benzene rings is 2. The molecule has 258 valence electrons. The van der Waals surface area contributed by atoms with Gasteiger partial charge in [-0.1, -0.05) is 12.1 Å². The standard InChI is InChI=1S/C34H39N7O8/c1-23-27(39-33(44)47-19-15-40-13-17-46-18-14-40)22-41-31(23)30(24(20-35)21-37-41)38-25-8-10-26(11-9-25)48-28-6-4-5-7-29(28)49-34(2,45-3)32(43)36-12-16-42/h4-11,21-22,38,42H,12-19H2,1-3H3,(H,36,43)(H,39,44). The third-order valence-corrected chi connectivity index (χ3v) is 7.86. The van der Waals surface area contributed by atoms with Crippen LogP contribution in [0, 0.1) is 18.3 Å². The summed E-state index contributed by atoms with van der Waals surface area (Å²) in [6.07, 6.45) is 2.54. The Morgan fingerprint density at radius 2 is 1.86 bits per heavy atom. The fourth-order valence-electron chi connectivity index (χ4n) is 5.08. The van der Waals surface area contributed by atoms with E-state index in [2.05, 4.69) is 32.0 Å². The first-order valence-corrected chi connectivity index (χ1v) is 15.7. The summed E-state index contributed by atoms with van der Waals surface area (Å²) in [7, 11) is 1.34. The third-order valence-electron chi connectivity index (χ3n) is 7.86. The Labute approximate surface area is 283 Å². The largest absolute Gasteiger partial charge is 0.453 e. The normalized spacial score (nSPS) is 14.3. The summed E-state index contributed by atoms with van der Waals surface area (Å²) in [5.74, 6) is -1.15. The van der Waals surface area contributed by atoms with Crippen molar-refractivity contribution in [2.75, 3.05) is 70.3 Å². The highest BCUT2D eigenvalue weighted by Crippen LogP contribution is 2.36. The Bertz CT molecular complexity index is 1800. The second-order valence-electron chi connectivity index (χ2n) is 11.2. The number of aliphatic hydroxyl groups is 1. The number of aliphatic hydroxyl groups excluding tert-OH is 1. The van der Waals surface area contributed by atoms with Gasteiger partial charge in [0.05, 0.1) is 54.7 Å². The van der Waals surface area contributed by atoms with Gasteiger partial charge in [-0.3, -0.25) is 15.0 Å². The lowest BCUT2D eigenvalue weighted by molar-refractivity contribution is -0.179. The number of carbonyl (C=O) groups excluding carboxylic acids is 2. The minimum Gasteiger partial charge on any atom is -0.453 e. The van der Waals surface area contributed by atoms with E-state index in [1.165, 1.54) is 20.2 Å². The minimum absolute atomic E-state index is 0.0490. The van der Waals surface area contributed by atoms with Crippen molar-refractivity contribution < 1.29 is 38.4 Å². The molecule has 15 heteroatoms. The number of nitrogens with one attached hydrogen (secondary N) is 3. The van der Waals surface area contributed by atoms with Gasteiger partial charge >= 0.3 is 6.09 Å². The first kappa shape index (κ1) is 34.9. The van der Waals surface area contributed by atoms with Crippen LogP contribution in [0.4, 0.5) is 21.9 Å². The molecule has 3 heterocycles. The number of methoxy groups -OCH3 is 1. The number of ether oxygens (including phenoxy) is 5. The van der Waals surface area contributed by atoms with Gasteiger partial charge in [0.1, 0.15) is 18.4 Å². The molecular formula is C34H39N7O8. The number of hydrogen-bond donors (Lipinski definition) is 4. The maximum Gasteiger partial charge on any atom is 0.411 e. The van der Waals surface area contributed by atoms with E-state index in [0.717, 1.165) is 13.1 Å². The second kappa shape index (κ2) is 16.1. The van der Waals surface area contributed by atoms with Crippen molar-refractivity contribution in [2.24, 2.45) is 0 Å². The molecule has 1 fully saturated rings. The molecule has 2 aromatic carbocycles. The summed E-state index contributed by atoms with van der Waals surface area (Å²) in [6, 6.07) is 16.0. The van der Waals surface area contributed by atoms with E-state index in [0.29, 0.717) is 65.0 Å². The van der Waals surface area contributed by atoms with E-state index in [9.17, 15) is 14.9 Å². The van der Waals surface area contributed by atoms with Gasteiger partial charge in [-0.2, -0.15) is 10.4 Å². The molecule has 2 aromatic heterocycles. The van der Waals surface area contributed by atoms with Gasteiger partial charge in [-0.25, -0.2) is 9.31 Å². The molecule has 0 saturated carbocycles. The number of nitriles is 1. The first-order chi connectivity index (χ1) is 23.7. The Morgan fingerprint density at radius 3 is 2.55 bits per heavy atom. The zero-order valence-corrected chi connectivity index (χ0v) is 27.5. The van der Waals surface area contributed by atoms with Crippen LogP contribution in [0.3, 0.4) is 0 Å². The van der Waals surface area contributed by atoms with Gasteiger partial charge in [0, 0.05) is 51.5 Å². The van der Waals surface area contributed by atoms with Crippen molar-refractivity contribution >= 4 is 34.6 Å². The minimum atomic E-state index is -1.67. The molecule has 1 saturated heterocycles. The van der Waals surface area contributed by atoms with Gasteiger partial charge in [-0.05, 0) is 43.3 Å². The van der Waals surface area contributed by atoms with Crippen LogP contribution in [0.2, 0.25) is 0 Å². The first-order valence-electron chi connectivity index (χ1n) is 15.7. The van der Waals surface area contributed by atoms with Gasteiger partial charge in [-0.15, -0.1) is 0 Å². The molecule has 0 radical (unpaired) electrons.